The van der Waals surface area contributed by atoms with E-state index in [2.05, 4.69) is 0 Å². The number of fused-ring (bicyclic) bond motifs is 1. The van der Waals surface area contributed by atoms with Gasteiger partial charge in [0.05, 0.1) is 11.8 Å². The molecule has 4 atom stereocenters. The second kappa shape index (κ2) is 7.84. The highest BCUT2D eigenvalue weighted by Crippen LogP contribution is 2.39. The first kappa shape index (κ1) is 19.9. The minimum absolute atomic E-state index is 0.355. The van der Waals surface area contributed by atoms with E-state index in [-0.39, 0.29) is 23.7 Å². The van der Waals surface area contributed by atoms with Gasteiger partial charge in [0.2, 0.25) is 11.8 Å². The number of urea groups is 1. The van der Waals surface area contributed by atoms with E-state index in [1.807, 2.05) is 5.32 Å². The number of nitrogens with two attached hydrogens (primary N) is 1. The molecular weight excluding hydrogens is 342 g/mol. The molecule has 1 aliphatic carbocycles. The predicted molar refractivity (Wildman–Crippen MR) is 89.2 cm³/mol. The number of carbonyl (C=O) groups is 5. The average molecular weight is 367 g/mol. The third kappa shape index (κ3) is 3.86. The lowest BCUT2D eigenvalue weighted by atomic mass is 9.81. The molecule has 5 amide bonds. The molecule has 0 aromatic rings. The fourth-order valence-corrected chi connectivity index (χ4v) is 3.58. The molecular formula is C17H25N3O6. The minimum atomic E-state index is -1.26. The fourth-order valence-electron chi connectivity index (χ4n) is 3.58. The van der Waals surface area contributed by atoms with E-state index in [0.717, 1.165) is 17.7 Å². The van der Waals surface area contributed by atoms with Gasteiger partial charge < -0.3 is 10.5 Å². The van der Waals surface area contributed by atoms with Crippen molar-refractivity contribution in [2.24, 2.45) is 23.5 Å². The van der Waals surface area contributed by atoms with E-state index in [9.17, 15) is 24.0 Å². The highest BCUT2D eigenvalue weighted by atomic mass is 16.6. The van der Waals surface area contributed by atoms with Gasteiger partial charge in [-0.05, 0) is 25.7 Å². The zero-order valence-corrected chi connectivity index (χ0v) is 15.2. The van der Waals surface area contributed by atoms with E-state index < -0.39 is 36.0 Å². The number of nitrogens with one attached hydrogen (secondary N) is 1. The van der Waals surface area contributed by atoms with Crippen LogP contribution in [0.1, 0.15) is 46.5 Å². The normalized spacial score (nSPS) is 24.8. The second-order valence-corrected chi connectivity index (χ2v) is 7.17. The summed E-state index contributed by atoms with van der Waals surface area (Å²) in [6.07, 6.45) is 1.80. The summed E-state index contributed by atoms with van der Waals surface area (Å²) < 4.78 is 5.19. The molecule has 1 heterocycles. The topological polar surface area (TPSA) is 136 Å². The first-order valence-electron chi connectivity index (χ1n) is 8.82. The molecule has 1 aliphatic heterocycles. The van der Waals surface area contributed by atoms with Crippen molar-refractivity contribution < 1.29 is 28.7 Å². The molecule has 0 bridgehead atoms. The molecule has 2 rings (SSSR count). The molecule has 3 N–H and O–H groups in total. The van der Waals surface area contributed by atoms with Gasteiger partial charge in [0.15, 0.2) is 6.10 Å². The van der Waals surface area contributed by atoms with Crippen LogP contribution in [0.25, 0.3) is 0 Å². The number of primary amides is 1. The maximum Gasteiger partial charge on any atom is 0.329 e. The molecule has 0 radical (unpaired) electrons. The Labute approximate surface area is 151 Å². The molecule has 1 saturated carbocycles. The molecule has 2 aliphatic rings. The molecule has 26 heavy (non-hydrogen) atoms. The minimum Gasteiger partial charge on any atom is -0.450 e. The Morgan fingerprint density at radius 2 is 1.58 bits per heavy atom. The van der Waals surface area contributed by atoms with E-state index in [1.54, 1.807) is 13.8 Å². The van der Waals surface area contributed by atoms with Crippen LogP contribution in [0.3, 0.4) is 0 Å². The third-order valence-corrected chi connectivity index (χ3v) is 4.96. The number of likely N-dealkylation sites (tertiary alicyclic amines) is 1. The van der Waals surface area contributed by atoms with Crippen molar-refractivity contribution in [2.75, 3.05) is 0 Å². The van der Waals surface area contributed by atoms with E-state index in [1.165, 1.54) is 6.92 Å². The molecule has 0 spiro atoms. The predicted octanol–water partition coefficient (Wildman–Crippen LogP) is 0.313. The van der Waals surface area contributed by atoms with E-state index >= 15 is 0 Å². The van der Waals surface area contributed by atoms with E-state index in [0.29, 0.717) is 12.8 Å². The standard InChI is InChI=1S/C17H25N3O6/c1-8(2)12(13(21)19-17(18)25)26-16(24)9(3)20-14(22)10-6-4-5-7-11(10)15(20)23/h8-12H,4-7H2,1-3H3,(H3,18,19,21,25)/t9-,10-,11+,12-/m0/s1. The molecule has 0 unspecified atom stereocenters. The quantitative estimate of drug-likeness (QED) is 0.530. The first-order chi connectivity index (χ1) is 12.1. The molecule has 9 heteroatoms. The smallest absolute Gasteiger partial charge is 0.329 e. The van der Waals surface area contributed by atoms with Crippen LogP contribution in [-0.4, -0.2) is 46.8 Å². The van der Waals surface area contributed by atoms with Crippen molar-refractivity contribution >= 4 is 29.7 Å². The highest BCUT2D eigenvalue weighted by molar-refractivity contribution is 6.08. The lowest BCUT2D eigenvalue weighted by Gasteiger charge is -2.25. The van der Waals surface area contributed by atoms with Gasteiger partial charge in [-0.25, -0.2) is 9.59 Å². The van der Waals surface area contributed by atoms with Crippen LogP contribution in [-0.2, 0) is 23.9 Å². The Morgan fingerprint density at radius 1 is 1.08 bits per heavy atom. The Morgan fingerprint density at radius 3 is 2.00 bits per heavy atom. The molecule has 1 saturated heterocycles. The summed E-state index contributed by atoms with van der Waals surface area (Å²) in [5, 5.41) is 1.87. The van der Waals surface area contributed by atoms with Crippen LogP contribution in [0.2, 0.25) is 0 Å². The molecule has 0 aromatic heterocycles. The van der Waals surface area contributed by atoms with Crippen LogP contribution in [0, 0.1) is 17.8 Å². The van der Waals surface area contributed by atoms with Crippen molar-refractivity contribution in [1.82, 2.24) is 10.2 Å². The third-order valence-electron chi connectivity index (χ3n) is 4.96. The molecule has 0 aromatic carbocycles. The van der Waals surface area contributed by atoms with Gasteiger partial charge in [-0.2, -0.15) is 0 Å². The van der Waals surface area contributed by atoms with Gasteiger partial charge in [0.1, 0.15) is 6.04 Å². The summed E-state index contributed by atoms with van der Waals surface area (Å²) >= 11 is 0. The van der Waals surface area contributed by atoms with Crippen molar-refractivity contribution in [3.8, 4) is 0 Å². The van der Waals surface area contributed by atoms with Gasteiger partial charge in [-0.1, -0.05) is 26.7 Å². The summed E-state index contributed by atoms with van der Waals surface area (Å²) in [5.41, 5.74) is 4.92. The number of rotatable bonds is 5. The Kier molecular flexibility index (Phi) is 5.99. The fraction of sp³-hybridized carbons (Fsp3) is 0.706. The van der Waals surface area contributed by atoms with E-state index in [4.69, 9.17) is 10.5 Å². The SMILES string of the molecule is CC(C)[C@H](OC(=O)[C@H](C)N1C(=O)[C@H]2CCCC[C@H]2C1=O)C(=O)NC(N)=O. The number of ether oxygens (including phenoxy) is 1. The van der Waals surface area contributed by atoms with Crippen LogP contribution in [0.5, 0.6) is 0 Å². The van der Waals surface area contributed by atoms with Crippen LogP contribution in [0.15, 0.2) is 0 Å². The van der Waals surface area contributed by atoms with Gasteiger partial charge in [-0.3, -0.25) is 24.6 Å². The molecule has 144 valence electrons. The zero-order chi connectivity index (χ0) is 19.6. The van der Waals surface area contributed by atoms with Gasteiger partial charge in [0.25, 0.3) is 5.91 Å². The number of amides is 5. The van der Waals surface area contributed by atoms with Crippen molar-refractivity contribution in [2.45, 2.75) is 58.6 Å². The summed E-state index contributed by atoms with van der Waals surface area (Å²) in [4.78, 5) is 61.4. The number of hydrogen-bond donors (Lipinski definition) is 2. The largest absolute Gasteiger partial charge is 0.450 e. The summed E-state index contributed by atoms with van der Waals surface area (Å²) in [5.74, 6) is -3.60. The molecule has 2 fully saturated rings. The Hall–Kier alpha value is -2.45. The van der Waals surface area contributed by atoms with Crippen LogP contribution < -0.4 is 11.1 Å². The summed E-state index contributed by atoms with van der Waals surface area (Å²) in [7, 11) is 0. The van der Waals surface area contributed by atoms with Crippen molar-refractivity contribution in [3.05, 3.63) is 0 Å². The number of nitrogens with zero attached hydrogens (tertiary/aromatic N) is 1. The number of imide groups is 2. The highest BCUT2D eigenvalue weighted by Gasteiger charge is 2.51. The van der Waals surface area contributed by atoms with Crippen molar-refractivity contribution in [1.29, 1.82) is 0 Å². The van der Waals surface area contributed by atoms with Crippen molar-refractivity contribution in [3.63, 3.8) is 0 Å². The van der Waals surface area contributed by atoms with Crippen LogP contribution >= 0.6 is 0 Å². The Balaban J connectivity index is 2.10. The van der Waals surface area contributed by atoms with Crippen LogP contribution in [0.4, 0.5) is 4.79 Å². The summed E-state index contributed by atoms with van der Waals surface area (Å²) in [6.45, 7) is 4.66. The first-order valence-corrected chi connectivity index (χ1v) is 8.82. The van der Waals surface area contributed by atoms with Gasteiger partial charge >= 0.3 is 12.0 Å². The lowest BCUT2D eigenvalue weighted by Crippen LogP contribution is -2.49. The van der Waals surface area contributed by atoms with Gasteiger partial charge in [0, 0.05) is 0 Å². The number of esters is 1. The summed E-state index contributed by atoms with van der Waals surface area (Å²) in [6, 6.07) is -2.19. The maximum absolute atomic E-state index is 12.6. The molecule has 9 nitrogen and oxygen atoms in total. The monoisotopic (exact) mass is 367 g/mol. The average Bonchev–Trinajstić information content (AvgIpc) is 2.82. The maximum atomic E-state index is 12.6. The zero-order valence-electron chi connectivity index (χ0n) is 15.2. The van der Waals surface area contributed by atoms with Gasteiger partial charge in [-0.15, -0.1) is 0 Å². The lowest BCUT2D eigenvalue weighted by molar-refractivity contribution is -0.166. The number of hydrogen-bond acceptors (Lipinski definition) is 6. The second-order valence-electron chi connectivity index (χ2n) is 7.17. The Bertz CT molecular complexity index is 608. The number of carbonyl (C=O) groups excluding carboxylic acids is 5.